The molecule has 1 aliphatic rings. The Hall–Kier alpha value is -1.03. The van der Waals surface area contributed by atoms with Crippen molar-refractivity contribution in [3.8, 4) is 0 Å². The fraction of sp³-hybridized carbons (Fsp3) is 0.765. The summed E-state index contributed by atoms with van der Waals surface area (Å²) in [5.74, 6) is 0.878. The zero-order valence-corrected chi connectivity index (χ0v) is 18.5. The van der Waals surface area contributed by atoms with Gasteiger partial charge in [-0.05, 0) is 33.6 Å². The van der Waals surface area contributed by atoms with Gasteiger partial charge in [0, 0.05) is 58.1 Å². The van der Waals surface area contributed by atoms with Gasteiger partial charge in [0.1, 0.15) is 0 Å². The van der Waals surface area contributed by atoms with Crippen LogP contribution in [0.2, 0.25) is 0 Å². The van der Waals surface area contributed by atoms with E-state index >= 15 is 0 Å². The number of nitrogens with one attached hydrogen (secondary N) is 3. The lowest BCUT2D eigenvalue weighted by molar-refractivity contribution is 0.426. The Kier molecular flexibility index (Phi) is 8.98. The molecular weight excluding hydrogens is 429 g/mol. The number of halogens is 1. The van der Waals surface area contributed by atoms with E-state index in [-0.39, 0.29) is 29.5 Å². The minimum atomic E-state index is 0. The third-order valence-corrected chi connectivity index (χ3v) is 4.12. The summed E-state index contributed by atoms with van der Waals surface area (Å²) >= 11 is 0. The molecule has 0 amide bonds. The van der Waals surface area contributed by atoms with E-state index in [4.69, 9.17) is 0 Å². The molecule has 2 rings (SSSR count). The van der Waals surface area contributed by atoms with Crippen LogP contribution < -0.4 is 20.9 Å². The second-order valence-electron chi connectivity index (χ2n) is 7.48. The Morgan fingerprint density at radius 3 is 2.72 bits per heavy atom. The van der Waals surface area contributed by atoms with Gasteiger partial charge in [-0.1, -0.05) is 0 Å². The average Bonchev–Trinajstić information content (AvgIpc) is 2.96. The number of piperidine rings is 1. The van der Waals surface area contributed by atoms with Crippen molar-refractivity contribution < 1.29 is 0 Å². The summed E-state index contributed by atoms with van der Waals surface area (Å²) in [6.07, 6.45) is 6.36. The molecule has 0 bridgehead atoms. The van der Waals surface area contributed by atoms with Crippen LogP contribution in [0.3, 0.4) is 0 Å². The number of anilines is 1. The molecule has 1 aliphatic heterocycles. The molecule has 1 unspecified atom stereocenters. The Morgan fingerprint density at radius 2 is 2.12 bits per heavy atom. The molecule has 0 saturated carbocycles. The molecule has 1 aromatic heterocycles. The number of hydrogen-bond acceptors (Lipinski definition) is 4. The average molecular weight is 463 g/mol. The summed E-state index contributed by atoms with van der Waals surface area (Å²) in [5, 5.41) is 14.7. The van der Waals surface area contributed by atoms with Crippen molar-refractivity contribution in [2.75, 3.05) is 38.1 Å². The first-order valence-corrected chi connectivity index (χ1v) is 8.83. The molecule has 3 N–H and O–H groups in total. The molecule has 1 atom stereocenters. The Morgan fingerprint density at radius 1 is 1.36 bits per heavy atom. The molecule has 8 heteroatoms. The van der Waals surface area contributed by atoms with Crippen molar-refractivity contribution in [3.05, 3.63) is 12.4 Å². The molecule has 0 aromatic carbocycles. The zero-order chi connectivity index (χ0) is 17.6. The van der Waals surface area contributed by atoms with Crippen LogP contribution >= 0.6 is 24.0 Å². The number of nitrogens with zero attached hydrogens (tertiary/aromatic N) is 4. The topological polar surface area (TPSA) is 69.5 Å². The second-order valence-corrected chi connectivity index (χ2v) is 7.48. The van der Waals surface area contributed by atoms with Crippen LogP contribution in [0, 0.1) is 0 Å². The number of rotatable bonds is 5. The highest BCUT2D eigenvalue weighted by Gasteiger charge is 2.21. The highest BCUT2D eigenvalue weighted by molar-refractivity contribution is 14.0. The number of aryl methyl sites for hydroxylation is 1. The van der Waals surface area contributed by atoms with E-state index < -0.39 is 0 Å². The van der Waals surface area contributed by atoms with Gasteiger partial charge < -0.3 is 20.9 Å². The predicted octanol–water partition coefficient (Wildman–Crippen LogP) is 1.56. The van der Waals surface area contributed by atoms with E-state index in [2.05, 4.69) is 57.9 Å². The van der Waals surface area contributed by atoms with E-state index in [1.165, 1.54) is 12.1 Å². The van der Waals surface area contributed by atoms with Crippen molar-refractivity contribution in [3.63, 3.8) is 0 Å². The van der Waals surface area contributed by atoms with Gasteiger partial charge in [-0.15, -0.1) is 24.0 Å². The molecule has 25 heavy (non-hydrogen) atoms. The number of aliphatic imine (C=N–C) groups is 1. The first kappa shape index (κ1) is 22.0. The first-order valence-electron chi connectivity index (χ1n) is 8.83. The quantitative estimate of drug-likeness (QED) is 0.268. The van der Waals surface area contributed by atoms with E-state index in [0.29, 0.717) is 6.04 Å². The minimum Gasteiger partial charge on any atom is -0.367 e. The summed E-state index contributed by atoms with van der Waals surface area (Å²) < 4.78 is 1.86. The van der Waals surface area contributed by atoms with Gasteiger partial charge in [-0.3, -0.25) is 9.67 Å². The Labute approximate surface area is 169 Å². The van der Waals surface area contributed by atoms with Crippen LogP contribution in [0.25, 0.3) is 0 Å². The lowest BCUT2D eigenvalue weighted by atomic mass is 10.1. The molecule has 7 nitrogen and oxygen atoms in total. The lowest BCUT2D eigenvalue weighted by Crippen LogP contribution is -2.52. The number of aromatic nitrogens is 2. The highest BCUT2D eigenvalue weighted by Crippen LogP contribution is 2.18. The van der Waals surface area contributed by atoms with E-state index in [0.717, 1.165) is 38.6 Å². The van der Waals surface area contributed by atoms with Gasteiger partial charge in [0.15, 0.2) is 5.96 Å². The minimum absolute atomic E-state index is 0. The monoisotopic (exact) mass is 463 g/mol. The zero-order valence-electron chi connectivity index (χ0n) is 16.2. The lowest BCUT2D eigenvalue weighted by Gasteiger charge is -2.34. The first-order chi connectivity index (χ1) is 11.4. The maximum absolute atomic E-state index is 4.35. The van der Waals surface area contributed by atoms with Crippen LogP contribution in [0.5, 0.6) is 0 Å². The van der Waals surface area contributed by atoms with Gasteiger partial charge in [0.25, 0.3) is 0 Å². The summed E-state index contributed by atoms with van der Waals surface area (Å²) in [4.78, 5) is 6.74. The van der Waals surface area contributed by atoms with E-state index in [9.17, 15) is 0 Å². The molecule has 0 radical (unpaired) electrons. The van der Waals surface area contributed by atoms with Crippen LogP contribution in [-0.2, 0) is 7.05 Å². The third-order valence-electron chi connectivity index (χ3n) is 4.12. The smallest absolute Gasteiger partial charge is 0.191 e. The third kappa shape index (κ3) is 7.81. The normalized spacial score (nSPS) is 18.7. The maximum atomic E-state index is 4.35. The van der Waals surface area contributed by atoms with E-state index in [1.54, 1.807) is 0 Å². The summed E-state index contributed by atoms with van der Waals surface area (Å²) in [7, 11) is 3.79. The molecule has 1 saturated heterocycles. The predicted molar refractivity (Wildman–Crippen MR) is 116 cm³/mol. The summed E-state index contributed by atoms with van der Waals surface area (Å²) in [6.45, 7) is 10.4. The number of hydrogen-bond donors (Lipinski definition) is 3. The molecule has 1 fully saturated rings. The molecule has 2 heterocycles. The van der Waals surface area contributed by atoms with Crippen LogP contribution in [0.1, 0.15) is 33.6 Å². The van der Waals surface area contributed by atoms with Crippen molar-refractivity contribution >= 4 is 35.6 Å². The Bertz CT molecular complexity index is 535. The van der Waals surface area contributed by atoms with Crippen molar-refractivity contribution in [2.45, 2.75) is 45.2 Å². The van der Waals surface area contributed by atoms with Crippen molar-refractivity contribution in [2.24, 2.45) is 12.0 Å². The van der Waals surface area contributed by atoms with E-state index in [1.807, 2.05) is 25.0 Å². The van der Waals surface area contributed by atoms with Crippen LogP contribution in [0.4, 0.5) is 5.69 Å². The molecule has 0 spiro atoms. The van der Waals surface area contributed by atoms with Gasteiger partial charge in [-0.2, -0.15) is 5.10 Å². The van der Waals surface area contributed by atoms with Crippen LogP contribution in [0.15, 0.2) is 17.4 Å². The fourth-order valence-corrected chi connectivity index (χ4v) is 2.91. The second kappa shape index (κ2) is 10.2. The number of guanidine groups is 1. The fourth-order valence-electron chi connectivity index (χ4n) is 2.91. The van der Waals surface area contributed by atoms with Gasteiger partial charge in [0.2, 0.25) is 0 Å². The highest BCUT2D eigenvalue weighted by atomic mass is 127. The van der Waals surface area contributed by atoms with Crippen LogP contribution in [-0.4, -0.2) is 60.5 Å². The van der Waals surface area contributed by atoms with Gasteiger partial charge in [0.05, 0.1) is 11.9 Å². The SMILES string of the molecule is CN=C(NCCNC(C)(C)C)NC1CCCN(c2cnn(C)c2)C1.I. The Balaban J connectivity index is 0.00000312. The van der Waals surface area contributed by atoms with Crippen molar-refractivity contribution in [1.82, 2.24) is 25.7 Å². The molecule has 0 aliphatic carbocycles. The largest absolute Gasteiger partial charge is 0.367 e. The van der Waals surface area contributed by atoms with Crippen molar-refractivity contribution in [1.29, 1.82) is 0 Å². The van der Waals surface area contributed by atoms with Gasteiger partial charge >= 0.3 is 0 Å². The molecular formula is C17H34IN7. The van der Waals surface area contributed by atoms with Gasteiger partial charge in [-0.25, -0.2) is 0 Å². The molecule has 1 aromatic rings. The standard InChI is InChI=1S/C17H33N7.HI/c1-17(2,3)20-9-8-19-16(18-4)22-14-7-6-10-24(12-14)15-11-21-23(5)13-15;/h11,13-14,20H,6-10,12H2,1-5H3,(H2,18,19,22);1H. The summed E-state index contributed by atoms with van der Waals surface area (Å²) in [6, 6.07) is 0.403. The maximum Gasteiger partial charge on any atom is 0.191 e. The summed E-state index contributed by atoms with van der Waals surface area (Å²) in [5.41, 5.74) is 1.34. The molecule has 144 valence electrons.